The molecule has 0 saturated heterocycles. The first kappa shape index (κ1) is 58.7. The number of anilines is 4. The molecule has 11 aromatic rings. The average Bonchev–Trinajstić information content (AvgIpc) is 2.01. The van der Waals surface area contributed by atoms with Crippen LogP contribution in [0.3, 0.4) is 0 Å². The number of benzene rings is 9. The quantitative estimate of drug-likeness (QED) is 0.121. The van der Waals surface area contributed by atoms with E-state index in [1.807, 2.05) is 24.4 Å². The van der Waals surface area contributed by atoms with Gasteiger partial charge in [-0.05, 0) is 144 Å². The molecule has 0 unspecified atom stereocenters. The summed E-state index contributed by atoms with van der Waals surface area (Å²) in [7, 11) is 0. The van der Waals surface area contributed by atoms with Crippen molar-refractivity contribution in [3.63, 3.8) is 0 Å². The van der Waals surface area contributed by atoms with E-state index in [1.54, 1.807) is 12.1 Å². The molecule has 12 rings (SSSR count). The summed E-state index contributed by atoms with van der Waals surface area (Å²) < 4.78 is 24.5. The topological polar surface area (TPSA) is 33.5 Å². The van der Waals surface area contributed by atoms with E-state index < -0.39 is 0 Å². The van der Waals surface area contributed by atoms with Crippen molar-refractivity contribution in [2.75, 3.05) is 9.80 Å². The third-order valence-corrected chi connectivity index (χ3v) is 16.6. The second kappa shape index (κ2) is 22.7. The van der Waals surface area contributed by atoms with Crippen molar-refractivity contribution in [1.29, 1.82) is 0 Å². The SMILES string of the molecule is CC(C)c1cccc(C(C)C)c1-c1cc(Oc2[c-]c3c(cc2)c2ccccc2n3-c2cc(C(C)(C)C)ccn2)[c-]c(N2[CH-]N(c3c(-c4ccc(F)cc4)cc(-c4ccccc4)cc3-c3cc(C(C)(C)C)cc(C(C)(C)C)c3)c3ccccc32)c1.[Pt]. The number of fused-ring (bicyclic) bond motifs is 4. The zero-order valence-electron chi connectivity index (χ0n) is 51.1. The zero-order chi connectivity index (χ0) is 59.0. The Bertz CT molecular complexity index is 4230. The number of aromatic nitrogens is 2. The maximum absolute atomic E-state index is 15.1. The number of halogens is 1. The van der Waals surface area contributed by atoms with E-state index in [9.17, 15) is 0 Å². The van der Waals surface area contributed by atoms with Gasteiger partial charge in [-0.1, -0.05) is 205 Å². The second-order valence-corrected chi connectivity index (χ2v) is 26.4. The first-order valence-electron chi connectivity index (χ1n) is 29.6. The number of rotatable bonds is 11. The summed E-state index contributed by atoms with van der Waals surface area (Å²) >= 11 is 0. The van der Waals surface area contributed by atoms with Gasteiger partial charge in [0.25, 0.3) is 0 Å². The zero-order valence-corrected chi connectivity index (χ0v) is 53.4. The number of hydrogen-bond acceptors (Lipinski definition) is 4. The smallest absolute Gasteiger partial charge is 0.135 e. The largest absolute Gasteiger partial charge is 0.509 e. The monoisotopic (exact) mass is 1300 g/mol. The van der Waals surface area contributed by atoms with Crippen LogP contribution in [0.2, 0.25) is 0 Å². The van der Waals surface area contributed by atoms with Crippen molar-refractivity contribution in [3.8, 4) is 61.8 Å². The van der Waals surface area contributed by atoms with E-state index in [0.717, 1.165) is 89.3 Å². The summed E-state index contributed by atoms with van der Waals surface area (Å²) in [5.74, 6) is 2.14. The van der Waals surface area contributed by atoms with Crippen molar-refractivity contribution < 1.29 is 30.2 Å². The molecule has 0 fully saturated rings. The first-order valence-corrected chi connectivity index (χ1v) is 29.6. The molecule has 1 aliphatic heterocycles. The molecule has 0 spiro atoms. The Hall–Kier alpha value is -8.05. The van der Waals surface area contributed by atoms with Crippen LogP contribution in [-0.4, -0.2) is 9.55 Å². The summed E-state index contributed by atoms with van der Waals surface area (Å²) in [6, 6.07) is 73.6. The van der Waals surface area contributed by atoms with E-state index in [2.05, 4.69) is 281 Å². The molecule has 0 bridgehead atoms. The Kier molecular flexibility index (Phi) is 15.7. The summed E-state index contributed by atoms with van der Waals surface area (Å²) in [6.45, 7) is 31.7. The number of hydrogen-bond donors (Lipinski definition) is 0. The first-order chi connectivity index (χ1) is 40.1. The molecule has 0 N–H and O–H groups in total. The van der Waals surface area contributed by atoms with E-state index in [-0.39, 0.29) is 55.0 Å². The van der Waals surface area contributed by atoms with Crippen LogP contribution in [0, 0.1) is 24.6 Å². The third kappa shape index (κ3) is 11.4. The fraction of sp³-hybridized carbons (Fsp3) is 0.231. The third-order valence-electron chi connectivity index (χ3n) is 16.6. The Balaban J connectivity index is 0.00000752. The minimum Gasteiger partial charge on any atom is -0.509 e. The Morgan fingerprint density at radius 3 is 1.72 bits per heavy atom. The van der Waals surface area contributed by atoms with Gasteiger partial charge in [0.15, 0.2) is 0 Å². The molecule has 5 nitrogen and oxygen atoms in total. The van der Waals surface area contributed by atoms with E-state index in [1.165, 1.54) is 33.4 Å². The maximum Gasteiger partial charge on any atom is 0.135 e. The molecule has 432 valence electrons. The van der Waals surface area contributed by atoms with E-state index >= 15 is 4.39 Å². The molecule has 0 saturated carbocycles. The maximum atomic E-state index is 15.1. The van der Waals surface area contributed by atoms with E-state index in [4.69, 9.17) is 9.72 Å². The predicted octanol–water partition coefficient (Wildman–Crippen LogP) is 21.9. The van der Waals surface area contributed by atoms with Crippen LogP contribution in [0.5, 0.6) is 11.5 Å². The van der Waals surface area contributed by atoms with Crippen molar-refractivity contribution in [2.24, 2.45) is 0 Å². The van der Waals surface area contributed by atoms with Gasteiger partial charge < -0.3 is 19.1 Å². The summed E-state index contributed by atoms with van der Waals surface area (Å²) in [5.41, 5.74) is 19.9. The summed E-state index contributed by atoms with van der Waals surface area (Å²) in [4.78, 5) is 9.56. The molecule has 0 aliphatic carbocycles. The number of nitrogens with zero attached hydrogens (tertiary/aromatic N) is 4. The molecule has 0 amide bonds. The minimum atomic E-state index is -0.285. The summed E-state index contributed by atoms with van der Waals surface area (Å²) in [5, 5.41) is 2.18. The van der Waals surface area contributed by atoms with Crippen LogP contribution in [0.25, 0.3) is 72.1 Å². The second-order valence-electron chi connectivity index (χ2n) is 26.4. The average molecular weight is 1300 g/mol. The molecule has 7 heteroatoms. The molecule has 3 heterocycles. The Morgan fingerprint density at radius 1 is 0.482 bits per heavy atom. The number of para-hydroxylation sites is 3. The van der Waals surface area contributed by atoms with Gasteiger partial charge in [-0.2, -0.15) is 6.07 Å². The molecule has 2 aromatic heterocycles. The van der Waals surface area contributed by atoms with Gasteiger partial charge in [-0.25, -0.2) is 9.37 Å². The number of ether oxygens (including phenoxy) is 1. The van der Waals surface area contributed by atoms with Gasteiger partial charge >= 0.3 is 0 Å². The van der Waals surface area contributed by atoms with Crippen LogP contribution < -0.4 is 14.5 Å². The van der Waals surface area contributed by atoms with Gasteiger partial charge in [0, 0.05) is 72.5 Å². The van der Waals surface area contributed by atoms with Crippen molar-refractivity contribution in [2.45, 2.75) is 118 Å². The van der Waals surface area contributed by atoms with Crippen molar-refractivity contribution >= 4 is 44.6 Å². The standard InChI is InChI=1S/C78H74FN4O.Pt/c1-49(2)63-25-21-26-64(50(3)4)74(63)55-40-60(46-62(41-55)84-61-34-35-66-65-24-17-18-27-69(65)83(72(66)47-61)73-45-56(36-37-80-73)76(5,6)7)81-48-82(71-29-20-19-28-70(71)81)75-67(52-30-32-59(79)33-31-52)42-53(51-22-15-14-16-23-51)43-68(75)54-38-57(77(8,9)10)44-58(39-54)78(11,12)13;/h14-45,48-50H,1-13H3;/q-3;. The molecule has 85 heavy (non-hydrogen) atoms. The molecular formula is C78H74FN4OPt-3. The van der Waals surface area contributed by atoms with Crippen molar-refractivity contribution in [1.82, 2.24) is 9.55 Å². The molecule has 1 aliphatic rings. The van der Waals surface area contributed by atoms with Crippen molar-refractivity contribution in [3.05, 3.63) is 247 Å². The van der Waals surface area contributed by atoms with Gasteiger partial charge in [0.2, 0.25) is 0 Å². The predicted molar refractivity (Wildman–Crippen MR) is 350 cm³/mol. The van der Waals surface area contributed by atoms with E-state index in [0.29, 0.717) is 11.5 Å². The Labute approximate surface area is 517 Å². The van der Waals surface area contributed by atoms with Gasteiger partial charge in [0.05, 0.1) is 0 Å². The molecule has 0 radical (unpaired) electrons. The van der Waals surface area contributed by atoms with Gasteiger partial charge in [-0.15, -0.1) is 53.6 Å². The number of pyridine rings is 1. The fourth-order valence-corrected chi connectivity index (χ4v) is 11.9. The van der Waals surface area contributed by atoms with Crippen LogP contribution in [-0.2, 0) is 37.3 Å². The fourth-order valence-electron chi connectivity index (χ4n) is 11.9. The molecular weight excluding hydrogens is 1220 g/mol. The van der Waals surface area contributed by atoms with Gasteiger partial charge in [-0.3, -0.25) is 0 Å². The van der Waals surface area contributed by atoms with Crippen LogP contribution in [0.1, 0.15) is 130 Å². The van der Waals surface area contributed by atoms with Gasteiger partial charge in [0.1, 0.15) is 11.6 Å². The summed E-state index contributed by atoms with van der Waals surface area (Å²) in [6.07, 6.45) is 1.91. The van der Waals surface area contributed by atoms with Crippen LogP contribution in [0.15, 0.2) is 194 Å². The Morgan fingerprint density at radius 2 is 1.08 bits per heavy atom. The van der Waals surface area contributed by atoms with Crippen LogP contribution in [0.4, 0.5) is 27.1 Å². The molecule has 0 atom stereocenters. The minimum absolute atomic E-state index is 0. The molecule has 9 aromatic carbocycles. The normalized spacial score (nSPS) is 12.8. The van der Waals surface area contributed by atoms with Crippen LogP contribution >= 0.6 is 0 Å².